The summed E-state index contributed by atoms with van der Waals surface area (Å²) in [6.45, 7) is 10.3. The molecular formula is C65H109N23O26S. The Hall–Kier alpha value is -12.1. The maximum absolute atomic E-state index is 14.4. The molecule has 0 saturated carbocycles. The molecule has 15 atom stereocenters. The smallest absolute Gasteiger partial charge is 0.305 e. The van der Waals surface area contributed by atoms with E-state index in [9.17, 15) is 126 Å². The molecule has 0 fully saturated rings. The lowest BCUT2D eigenvalue weighted by atomic mass is 9.96. The number of amides is 16. The molecule has 0 aliphatic rings. The van der Waals surface area contributed by atoms with Crippen LogP contribution in [0.5, 0.6) is 0 Å². The van der Waals surface area contributed by atoms with E-state index in [4.69, 9.17) is 33.8 Å². The number of primary amides is 2. The van der Waals surface area contributed by atoms with Gasteiger partial charge in [0.2, 0.25) is 94.5 Å². The van der Waals surface area contributed by atoms with Gasteiger partial charge in [-0.2, -0.15) is 0 Å². The van der Waals surface area contributed by atoms with E-state index in [-0.39, 0.29) is 63.5 Å². The van der Waals surface area contributed by atoms with Crippen molar-refractivity contribution in [1.82, 2.24) is 85.1 Å². The summed E-state index contributed by atoms with van der Waals surface area (Å²) in [7, 11) is 0. The Labute approximate surface area is 663 Å². The topological polar surface area (TPSA) is 816 Å². The quantitative estimate of drug-likeness (QED) is 0.00884. The van der Waals surface area contributed by atoms with Crippen molar-refractivity contribution in [2.75, 3.05) is 25.4 Å². The van der Waals surface area contributed by atoms with Crippen molar-refractivity contribution < 1.29 is 121 Å². The highest BCUT2D eigenvalue weighted by molar-refractivity contribution is 7.97. The minimum Gasteiger partial charge on any atom is -0.481 e. The molecule has 50 heteroatoms. The standard InChI is InChI=1S/C65H109N23O26S/c1-9-29(4)49(86-61(111)40(24-28(2)3)83-55(105)35(13-11-22-73-65(70)71)77-51(101)30(5)75-33(8)90)62(112)82-38(16-19-47(97)98)57(107)85-42(26-48(99)100)60(110)84-41(25-43(66)91)59(109)80-37(15-18-46(95)96)56(106)81-39(20-23-115-88-114)58(108)87-50(32(7)89)63(113)76-31(6)52(102)78-34(12-10-21-72-64(68)69)54(104)79-36(14-17-45(93)94)53(103)74-27-44(67)92/h28-32,34-42,49-50,89H,9-27H2,1-8H3,(H2,66,91)(H2,67,92)(H,74,103)(H,75,90)(H,76,113)(H,77,101)(H,78,102)(H,79,104)(H,80,109)(H,81,106)(H,82,112)(H,83,105)(H,84,110)(H,85,107)(H,86,111)(H,87,108)(H,93,94)(H,95,96)(H,97,98)(H,99,100)(H4,68,69,72)(H4,70,71,73)/t29-,30-,31-,32+,34-,35-,36-,37-,38-,39-,40-,41-,42-,49-,50-/m0/s1. The Balaban J connectivity index is 7.21. The second-order valence-corrected chi connectivity index (χ2v) is 27.7. The number of guanidine groups is 2. The van der Waals surface area contributed by atoms with Crippen LogP contribution in [0.3, 0.4) is 0 Å². The molecule has 646 valence electrons. The minimum absolute atomic E-state index is 0.00960. The normalized spacial score (nSPS) is 14.8. The van der Waals surface area contributed by atoms with E-state index >= 15 is 0 Å². The number of hydrogen-bond acceptors (Lipinski definition) is 26. The number of rotatable bonds is 58. The van der Waals surface area contributed by atoms with Gasteiger partial charge in [-0.3, -0.25) is 107 Å². The van der Waals surface area contributed by atoms with E-state index in [0.717, 1.165) is 20.8 Å². The molecule has 0 aromatic carbocycles. The zero-order valence-electron chi connectivity index (χ0n) is 64.6. The van der Waals surface area contributed by atoms with Gasteiger partial charge in [0.05, 0.1) is 25.5 Å². The molecule has 0 heterocycles. The second-order valence-electron chi connectivity index (χ2n) is 26.8. The highest BCUT2D eigenvalue weighted by Gasteiger charge is 2.40. The molecule has 31 N–H and O–H groups in total. The molecule has 0 aliphatic carbocycles. The molecule has 0 aromatic heterocycles. The van der Waals surface area contributed by atoms with Gasteiger partial charge in [-0.1, -0.05) is 34.1 Å². The van der Waals surface area contributed by atoms with Gasteiger partial charge in [-0.15, -0.1) is 4.91 Å². The van der Waals surface area contributed by atoms with E-state index in [2.05, 4.69) is 79.0 Å². The summed E-state index contributed by atoms with van der Waals surface area (Å²) in [5.74, 6) is -27.5. The second kappa shape index (κ2) is 53.7. The predicted molar refractivity (Wildman–Crippen MR) is 403 cm³/mol. The van der Waals surface area contributed by atoms with Gasteiger partial charge in [0.15, 0.2) is 11.9 Å². The van der Waals surface area contributed by atoms with Gasteiger partial charge >= 0.3 is 23.9 Å². The van der Waals surface area contributed by atoms with Crippen LogP contribution in [0, 0.1) is 27.6 Å². The van der Waals surface area contributed by atoms with Gasteiger partial charge in [0.25, 0.3) is 0 Å². The fourth-order valence-corrected chi connectivity index (χ4v) is 10.7. The summed E-state index contributed by atoms with van der Waals surface area (Å²) in [4.78, 5) is 275. The average molecular weight is 1660 g/mol. The fraction of sp³-hybridized carbons (Fsp3) is 0.662. The van der Waals surface area contributed by atoms with Crippen molar-refractivity contribution in [3.63, 3.8) is 0 Å². The third-order valence-electron chi connectivity index (χ3n) is 16.5. The van der Waals surface area contributed by atoms with Gasteiger partial charge in [0.1, 0.15) is 78.5 Å². The molecule has 115 heavy (non-hydrogen) atoms. The highest BCUT2D eigenvalue weighted by Crippen LogP contribution is 2.15. The maximum atomic E-state index is 14.4. The monoisotopic (exact) mass is 1660 g/mol. The number of aliphatic carboxylic acids is 4. The molecule has 0 bridgehead atoms. The number of carboxylic acids is 4. The van der Waals surface area contributed by atoms with E-state index in [1.165, 1.54) is 13.8 Å². The summed E-state index contributed by atoms with van der Waals surface area (Å²) in [6.07, 6.45) is -9.90. The summed E-state index contributed by atoms with van der Waals surface area (Å²) in [5, 5.41) is 101. The number of nitrogens with zero attached hydrogens (tertiary/aromatic N) is 1. The SMILES string of the molecule is CC[C@H](C)[C@H](NC(=O)[C@H](CC(C)C)NC(=O)[C@H](CCCNC(=N)N)NC(=O)[C@H](C)NC(C)=O)C(=O)N[C@@H](CCC(=O)O)C(=O)N[C@@H](CC(=O)O)C(=O)N[C@@H](CC(N)=O)C(=O)N[C@@H](CCC(=O)O)C(=O)N[C@@H](CCSN=O)C(=O)N[C@H](C(=O)N[C@@H](C)C(=O)N[C@@H](CCCNC(=N)N)C(=O)N[C@@H](CCC(=O)O)C(=O)NCC(N)=O)[C@@H](C)O. The number of aliphatic hydroxyl groups is 1. The molecule has 0 saturated heterocycles. The Kier molecular flexibility index (Phi) is 48.1. The van der Waals surface area contributed by atoms with Crippen LogP contribution in [0.4, 0.5) is 0 Å². The summed E-state index contributed by atoms with van der Waals surface area (Å²) < 4.78 is 2.61. The maximum Gasteiger partial charge on any atom is 0.305 e. The summed E-state index contributed by atoms with van der Waals surface area (Å²) in [6, 6.07) is -23.0. The van der Waals surface area contributed by atoms with Crippen LogP contribution in [0.1, 0.15) is 152 Å². The molecule has 0 spiro atoms. The van der Waals surface area contributed by atoms with Crippen LogP contribution in [0.25, 0.3) is 0 Å². The van der Waals surface area contributed by atoms with Crippen LogP contribution in [0.2, 0.25) is 0 Å². The predicted octanol–water partition coefficient (Wildman–Crippen LogP) is -9.30. The summed E-state index contributed by atoms with van der Waals surface area (Å²) in [5.41, 5.74) is 21.2. The van der Waals surface area contributed by atoms with Crippen LogP contribution in [0.15, 0.2) is 4.58 Å². The Bertz CT molecular complexity index is 3480. The molecule has 0 aliphatic heterocycles. The van der Waals surface area contributed by atoms with E-state index in [1.807, 2.05) is 10.6 Å². The lowest BCUT2D eigenvalue weighted by molar-refractivity contribution is -0.142. The van der Waals surface area contributed by atoms with Crippen molar-refractivity contribution >= 4 is 142 Å². The van der Waals surface area contributed by atoms with Gasteiger partial charge in [-0.25, -0.2) is 0 Å². The zero-order valence-corrected chi connectivity index (χ0v) is 65.5. The molecule has 0 aromatic rings. The molecular weight excluding hydrogens is 1550 g/mol. The summed E-state index contributed by atoms with van der Waals surface area (Å²) >= 11 is 0.303. The molecule has 16 amide bonds. The van der Waals surface area contributed by atoms with Gasteiger partial charge in [0, 0.05) is 61.6 Å². The molecule has 49 nitrogen and oxygen atoms in total. The lowest BCUT2D eigenvalue weighted by Crippen LogP contribution is -2.62. The first-order chi connectivity index (χ1) is 53.6. The molecule has 0 radical (unpaired) electrons. The zero-order chi connectivity index (χ0) is 88.1. The Morgan fingerprint density at radius 3 is 1.10 bits per heavy atom. The van der Waals surface area contributed by atoms with Crippen molar-refractivity contribution in [2.45, 2.75) is 236 Å². The van der Waals surface area contributed by atoms with Crippen LogP contribution < -0.4 is 108 Å². The van der Waals surface area contributed by atoms with Crippen molar-refractivity contribution in [3.05, 3.63) is 4.91 Å². The minimum atomic E-state index is -2.31. The van der Waals surface area contributed by atoms with Crippen molar-refractivity contribution in [2.24, 2.45) is 39.4 Å². The number of carboxylic acid groups (broad SMARTS) is 4. The number of aliphatic hydroxyl groups excluding tert-OH is 1. The lowest BCUT2D eigenvalue weighted by Gasteiger charge is -2.30. The Morgan fingerprint density at radius 1 is 0.383 bits per heavy atom. The first-order valence-corrected chi connectivity index (χ1v) is 37.0. The molecule has 0 rings (SSSR count). The van der Waals surface area contributed by atoms with E-state index < -0.39 is 285 Å². The first-order valence-electron chi connectivity index (χ1n) is 36.1. The van der Waals surface area contributed by atoms with Crippen molar-refractivity contribution in [1.29, 1.82) is 10.8 Å². The highest BCUT2D eigenvalue weighted by atomic mass is 32.2. The van der Waals surface area contributed by atoms with Crippen LogP contribution in [-0.4, -0.2) is 266 Å². The average Bonchev–Trinajstić information content (AvgIpc) is 0.850. The largest absolute Gasteiger partial charge is 0.481 e. The first kappa shape index (κ1) is 103. The Morgan fingerprint density at radius 2 is 0.722 bits per heavy atom. The molecule has 0 unspecified atom stereocenters. The number of carbonyl (C=O) groups excluding carboxylic acids is 16. The third kappa shape index (κ3) is 43.5. The van der Waals surface area contributed by atoms with E-state index in [1.54, 1.807) is 20.8 Å². The van der Waals surface area contributed by atoms with Gasteiger partial charge < -0.3 is 134 Å². The number of nitrogens with one attached hydrogen (secondary N) is 18. The number of carbonyl (C=O) groups is 20. The van der Waals surface area contributed by atoms with Gasteiger partial charge in [-0.05, 0) is 90.4 Å². The number of nitrogens with two attached hydrogens (primary N) is 4. The third-order valence-corrected chi connectivity index (χ3v) is 17.0. The number of nitroso groups, excluding NO2 is 1. The van der Waals surface area contributed by atoms with Crippen LogP contribution in [-0.2, 0) is 95.9 Å². The van der Waals surface area contributed by atoms with Crippen LogP contribution >= 0.6 is 11.9 Å². The van der Waals surface area contributed by atoms with Crippen molar-refractivity contribution in [3.8, 4) is 0 Å². The number of hydrogen-bond donors (Lipinski definition) is 27. The van der Waals surface area contributed by atoms with E-state index in [0.29, 0.717) is 11.9 Å². The fourth-order valence-electron chi connectivity index (χ4n) is 10.3.